The van der Waals surface area contributed by atoms with Crippen LogP contribution < -0.4 is 0 Å². The summed E-state index contributed by atoms with van der Waals surface area (Å²) in [5.41, 5.74) is 1.19. The van der Waals surface area contributed by atoms with Crippen LogP contribution in [0.3, 0.4) is 0 Å². The molecule has 0 bridgehead atoms. The van der Waals surface area contributed by atoms with Crippen LogP contribution in [0.1, 0.15) is 11.3 Å². The Morgan fingerprint density at radius 3 is 2.18 bits per heavy atom. The molecule has 0 aliphatic rings. The summed E-state index contributed by atoms with van der Waals surface area (Å²) in [5, 5.41) is 0.220. The molecule has 0 spiro atoms. The van der Waals surface area contributed by atoms with E-state index in [0.29, 0.717) is 11.3 Å². The van der Waals surface area contributed by atoms with E-state index < -0.39 is 11.7 Å². The number of rotatable bonds is 1. The van der Waals surface area contributed by atoms with E-state index in [4.69, 9.17) is 11.6 Å². The van der Waals surface area contributed by atoms with Gasteiger partial charge in [0.2, 0.25) is 5.28 Å². The zero-order valence-corrected chi connectivity index (χ0v) is 9.52. The van der Waals surface area contributed by atoms with Gasteiger partial charge in [0.05, 0.1) is 11.3 Å². The third-order valence-corrected chi connectivity index (χ3v) is 2.52. The summed E-state index contributed by atoms with van der Waals surface area (Å²) in [6.07, 6.45) is -4.32. The van der Waals surface area contributed by atoms with Crippen molar-refractivity contribution in [1.29, 1.82) is 0 Å². The van der Waals surface area contributed by atoms with E-state index in [9.17, 15) is 13.2 Å². The van der Waals surface area contributed by atoms with Crippen LogP contribution in [0.2, 0.25) is 5.28 Å². The second kappa shape index (κ2) is 4.07. The van der Waals surface area contributed by atoms with Crippen LogP contribution in [0, 0.1) is 6.92 Å². The summed E-state index contributed by atoms with van der Waals surface area (Å²) in [5.74, 6) is 0. The van der Waals surface area contributed by atoms with Gasteiger partial charge in [0.15, 0.2) is 0 Å². The number of nitrogens with zero attached hydrogens (tertiary/aromatic N) is 1. The lowest BCUT2D eigenvalue weighted by Crippen LogP contribution is -2.04. The largest absolute Gasteiger partial charge is 0.416 e. The summed E-state index contributed by atoms with van der Waals surface area (Å²) < 4.78 is 37.1. The van der Waals surface area contributed by atoms with Crippen molar-refractivity contribution in [2.24, 2.45) is 0 Å². The summed E-state index contributed by atoms with van der Waals surface area (Å²) in [7, 11) is 0. The molecule has 17 heavy (non-hydrogen) atoms. The van der Waals surface area contributed by atoms with E-state index in [2.05, 4.69) is 9.97 Å². The van der Waals surface area contributed by atoms with E-state index >= 15 is 0 Å². The van der Waals surface area contributed by atoms with Gasteiger partial charge < -0.3 is 4.98 Å². The Morgan fingerprint density at radius 1 is 1.18 bits per heavy atom. The first kappa shape index (κ1) is 12.0. The zero-order chi connectivity index (χ0) is 12.6. The van der Waals surface area contributed by atoms with Gasteiger partial charge >= 0.3 is 6.18 Å². The van der Waals surface area contributed by atoms with Gasteiger partial charge in [-0.1, -0.05) is 12.1 Å². The molecule has 0 unspecified atom stereocenters. The Hall–Kier alpha value is -1.49. The van der Waals surface area contributed by atoms with Gasteiger partial charge in [0, 0.05) is 11.3 Å². The van der Waals surface area contributed by atoms with E-state index in [1.165, 1.54) is 12.1 Å². The fourth-order valence-corrected chi connectivity index (χ4v) is 1.75. The van der Waals surface area contributed by atoms with Gasteiger partial charge in [-0.3, -0.25) is 0 Å². The Morgan fingerprint density at radius 2 is 1.76 bits per heavy atom. The maximum atomic E-state index is 12.4. The molecule has 0 saturated heterocycles. The molecule has 2 aromatic rings. The fourth-order valence-electron chi connectivity index (χ4n) is 1.52. The van der Waals surface area contributed by atoms with Gasteiger partial charge in [-0.15, -0.1) is 0 Å². The van der Waals surface area contributed by atoms with Gasteiger partial charge in [-0.25, -0.2) is 4.98 Å². The third-order valence-electron chi connectivity index (χ3n) is 2.34. The molecule has 0 amide bonds. The summed E-state index contributed by atoms with van der Waals surface area (Å²) in [6, 6.07) is 4.80. The molecule has 1 aromatic carbocycles. The number of aromatic amines is 1. The molecule has 2 rings (SSSR count). The molecular formula is C11H8ClF3N2. The van der Waals surface area contributed by atoms with Gasteiger partial charge in [0.25, 0.3) is 0 Å². The van der Waals surface area contributed by atoms with Crippen LogP contribution in [0.25, 0.3) is 11.3 Å². The van der Waals surface area contributed by atoms with E-state index in [1.807, 2.05) is 0 Å². The van der Waals surface area contributed by atoms with Crippen molar-refractivity contribution in [3.8, 4) is 11.3 Å². The molecule has 0 radical (unpaired) electrons. The second-order valence-corrected chi connectivity index (χ2v) is 3.93. The van der Waals surface area contributed by atoms with Crippen LogP contribution in [0.4, 0.5) is 13.2 Å². The van der Waals surface area contributed by atoms with E-state index in [-0.39, 0.29) is 5.28 Å². The van der Waals surface area contributed by atoms with Crippen molar-refractivity contribution in [1.82, 2.24) is 9.97 Å². The van der Waals surface area contributed by atoms with Crippen molar-refractivity contribution in [3.05, 3.63) is 40.8 Å². The average Bonchev–Trinajstić information content (AvgIpc) is 2.57. The first-order valence-electron chi connectivity index (χ1n) is 4.77. The minimum Gasteiger partial charge on any atom is -0.332 e. The van der Waals surface area contributed by atoms with Gasteiger partial charge in [0.1, 0.15) is 0 Å². The normalized spacial score (nSPS) is 11.8. The van der Waals surface area contributed by atoms with E-state index in [1.54, 1.807) is 6.92 Å². The molecule has 1 aromatic heterocycles. The second-order valence-electron chi connectivity index (χ2n) is 3.58. The molecule has 6 heteroatoms. The zero-order valence-electron chi connectivity index (χ0n) is 8.77. The molecule has 1 N–H and O–H groups in total. The Kier molecular flexibility index (Phi) is 2.87. The third kappa shape index (κ3) is 2.44. The summed E-state index contributed by atoms with van der Waals surface area (Å²) >= 11 is 5.67. The maximum Gasteiger partial charge on any atom is 0.416 e. The number of hydrogen-bond acceptors (Lipinski definition) is 1. The number of halogens is 4. The predicted octanol–water partition coefficient (Wildman–Crippen LogP) is 4.06. The van der Waals surface area contributed by atoms with Crippen LogP contribution >= 0.6 is 11.6 Å². The summed E-state index contributed by atoms with van der Waals surface area (Å²) in [6.45, 7) is 1.76. The molecule has 0 atom stereocenters. The van der Waals surface area contributed by atoms with Crippen molar-refractivity contribution < 1.29 is 13.2 Å². The average molecular weight is 261 g/mol. The van der Waals surface area contributed by atoms with E-state index in [0.717, 1.165) is 17.8 Å². The highest BCUT2D eigenvalue weighted by Gasteiger charge is 2.30. The van der Waals surface area contributed by atoms with Gasteiger partial charge in [-0.05, 0) is 30.7 Å². The molecule has 0 aliphatic heterocycles. The highest BCUT2D eigenvalue weighted by molar-refractivity contribution is 6.28. The SMILES string of the molecule is Cc1[nH]c(Cl)nc1-c1ccc(C(F)(F)F)cc1. The maximum absolute atomic E-state index is 12.4. The number of imidazole rings is 1. The number of aryl methyl sites for hydroxylation is 1. The molecule has 90 valence electrons. The molecule has 1 heterocycles. The number of aromatic nitrogens is 2. The lowest BCUT2D eigenvalue weighted by molar-refractivity contribution is -0.137. The number of nitrogens with one attached hydrogen (secondary N) is 1. The number of alkyl halides is 3. The Bertz CT molecular complexity index is 529. The minimum atomic E-state index is -4.32. The molecule has 2 nitrogen and oxygen atoms in total. The molecular weight excluding hydrogens is 253 g/mol. The first-order valence-corrected chi connectivity index (χ1v) is 5.15. The standard InChI is InChI=1S/C11H8ClF3N2/c1-6-9(17-10(12)16-6)7-2-4-8(5-3-7)11(13,14)15/h2-5H,1H3,(H,16,17). The molecule has 0 saturated carbocycles. The number of benzene rings is 1. The lowest BCUT2D eigenvalue weighted by Gasteiger charge is -2.06. The highest BCUT2D eigenvalue weighted by atomic mass is 35.5. The Labute approximate surface area is 100 Å². The van der Waals surface area contributed by atoms with Crippen molar-refractivity contribution in [3.63, 3.8) is 0 Å². The highest BCUT2D eigenvalue weighted by Crippen LogP contribution is 2.31. The smallest absolute Gasteiger partial charge is 0.332 e. The molecule has 0 fully saturated rings. The monoisotopic (exact) mass is 260 g/mol. The predicted molar refractivity (Wildman–Crippen MR) is 58.8 cm³/mol. The topological polar surface area (TPSA) is 28.7 Å². The van der Waals surface area contributed by atoms with Crippen molar-refractivity contribution >= 4 is 11.6 Å². The Balaban J connectivity index is 2.39. The van der Waals surface area contributed by atoms with Crippen LogP contribution in [-0.4, -0.2) is 9.97 Å². The molecule has 0 aliphatic carbocycles. The quantitative estimate of drug-likeness (QED) is 0.823. The van der Waals surface area contributed by atoms with Crippen LogP contribution in [-0.2, 0) is 6.18 Å². The van der Waals surface area contributed by atoms with Crippen LogP contribution in [0.15, 0.2) is 24.3 Å². The van der Waals surface area contributed by atoms with Crippen molar-refractivity contribution in [2.45, 2.75) is 13.1 Å². The number of H-pyrrole nitrogens is 1. The van der Waals surface area contributed by atoms with Gasteiger partial charge in [-0.2, -0.15) is 13.2 Å². The fraction of sp³-hybridized carbons (Fsp3) is 0.182. The lowest BCUT2D eigenvalue weighted by atomic mass is 10.1. The van der Waals surface area contributed by atoms with Crippen molar-refractivity contribution in [2.75, 3.05) is 0 Å². The number of hydrogen-bond donors (Lipinski definition) is 1. The first-order chi connectivity index (χ1) is 7.88. The van der Waals surface area contributed by atoms with Crippen LogP contribution in [0.5, 0.6) is 0 Å². The minimum absolute atomic E-state index is 0.220. The summed E-state index contributed by atoms with van der Waals surface area (Å²) in [4.78, 5) is 6.78.